The molecule has 0 N–H and O–H groups in total. The van der Waals surface area contributed by atoms with Gasteiger partial charge in [-0.25, -0.2) is 9.59 Å². The molecular formula is C32H30O8. The highest BCUT2D eigenvalue weighted by Gasteiger charge is 2.11. The second kappa shape index (κ2) is 15.9. The molecule has 0 aliphatic heterocycles. The van der Waals surface area contributed by atoms with Gasteiger partial charge in [0.1, 0.15) is 17.8 Å². The Morgan fingerprint density at radius 1 is 0.750 bits per heavy atom. The molecule has 0 amide bonds. The van der Waals surface area contributed by atoms with Gasteiger partial charge in [-0.1, -0.05) is 50.1 Å². The minimum atomic E-state index is -0.576. The standard InChI is InChI=1S/C28H24O7.C4H6O/c1-4-26(29)33-22-12-6-19(7-13-22)8-17-28(31)34-23-14-9-20(10-15-23)21-11-16-24(25(18-21)32-3)35-27(30)5-2;1-4(2)3-5/h4-7,9-16,18H,1-2,8,17H2,3H3;3H,1H2,2H3. The largest absolute Gasteiger partial charge is 0.493 e. The van der Waals surface area contributed by atoms with Crippen LogP contribution in [0.3, 0.4) is 0 Å². The van der Waals surface area contributed by atoms with Gasteiger partial charge in [-0.2, -0.15) is 0 Å². The SMILES string of the molecule is C=C(C)C=O.C=CC(=O)Oc1ccc(CCC(=O)Oc2ccc(-c3ccc(OC(=O)C=C)c(OC)c3)cc2)cc1. The Labute approximate surface area is 233 Å². The van der Waals surface area contributed by atoms with E-state index in [0.717, 1.165) is 35.1 Å². The fraction of sp³-hybridized carbons (Fsp3) is 0.125. The van der Waals surface area contributed by atoms with Crippen molar-refractivity contribution in [2.75, 3.05) is 7.11 Å². The molecular weight excluding hydrogens is 512 g/mol. The van der Waals surface area contributed by atoms with Gasteiger partial charge in [0, 0.05) is 18.6 Å². The van der Waals surface area contributed by atoms with E-state index in [1.165, 1.54) is 7.11 Å². The Morgan fingerprint density at radius 3 is 1.82 bits per heavy atom. The number of ether oxygens (including phenoxy) is 4. The van der Waals surface area contributed by atoms with Crippen molar-refractivity contribution in [2.45, 2.75) is 19.8 Å². The molecule has 0 heterocycles. The third kappa shape index (κ3) is 10.3. The van der Waals surface area contributed by atoms with E-state index >= 15 is 0 Å². The maximum Gasteiger partial charge on any atom is 0.335 e. The topological polar surface area (TPSA) is 105 Å². The van der Waals surface area contributed by atoms with Crippen LogP contribution in [0, 0.1) is 0 Å². The van der Waals surface area contributed by atoms with Gasteiger partial charge in [-0.05, 0) is 72.0 Å². The average Bonchev–Trinajstić information content (AvgIpc) is 2.97. The Kier molecular flexibility index (Phi) is 12.3. The van der Waals surface area contributed by atoms with E-state index in [9.17, 15) is 19.2 Å². The molecule has 0 saturated carbocycles. The predicted octanol–water partition coefficient (Wildman–Crippen LogP) is 5.84. The van der Waals surface area contributed by atoms with Gasteiger partial charge < -0.3 is 18.9 Å². The number of carbonyl (C=O) groups is 4. The first kappa shape index (κ1) is 31.0. The maximum absolute atomic E-state index is 12.3. The summed E-state index contributed by atoms with van der Waals surface area (Å²) in [5.41, 5.74) is 3.18. The molecule has 0 atom stereocenters. The number of hydrogen-bond donors (Lipinski definition) is 0. The Hall–Kier alpha value is -5.24. The Bertz CT molecular complexity index is 1370. The van der Waals surface area contributed by atoms with Gasteiger partial charge in [-0.3, -0.25) is 9.59 Å². The molecule has 0 radical (unpaired) electrons. The van der Waals surface area contributed by atoms with E-state index in [1.54, 1.807) is 61.5 Å². The van der Waals surface area contributed by atoms with Crippen LogP contribution in [-0.4, -0.2) is 31.3 Å². The zero-order valence-electron chi connectivity index (χ0n) is 22.4. The fourth-order valence-electron chi connectivity index (χ4n) is 3.11. The van der Waals surface area contributed by atoms with Crippen molar-refractivity contribution in [1.82, 2.24) is 0 Å². The normalized spacial score (nSPS) is 9.65. The number of carbonyl (C=O) groups excluding carboxylic acids is 4. The smallest absolute Gasteiger partial charge is 0.335 e. The molecule has 3 aromatic carbocycles. The molecule has 8 heteroatoms. The molecule has 0 unspecified atom stereocenters. The minimum absolute atomic E-state index is 0.190. The lowest BCUT2D eigenvalue weighted by Gasteiger charge is -2.11. The summed E-state index contributed by atoms with van der Waals surface area (Å²) in [5.74, 6) is 0.0558. The van der Waals surface area contributed by atoms with Crippen LogP contribution in [0.15, 0.2) is 104 Å². The summed E-state index contributed by atoms with van der Waals surface area (Å²) in [6.45, 7) is 11.7. The number of methoxy groups -OCH3 is 1. The van der Waals surface area contributed by atoms with E-state index < -0.39 is 11.9 Å². The van der Waals surface area contributed by atoms with Crippen molar-refractivity contribution in [3.05, 3.63) is 110 Å². The van der Waals surface area contributed by atoms with Crippen LogP contribution in [0.25, 0.3) is 11.1 Å². The van der Waals surface area contributed by atoms with Crippen molar-refractivity contribution in [2.24, 2.45) is 0 Å². The molecule has 206 valence electrons. The molecule has 0 fully saturated rings. The first-order chi connectivity index (χ1) is 19.2. The van der Waals surface area contributed by atoms with Gasteiger partial charge >= 0.3 is 17.9 Å². The number of hydrogen-bond acceptors (Lipinski definition) is 8. The summed E-state index contributed by atoms with van der Waals surface area (Å²) in [4.78, 5) is 44.3. The van der Waals surface area contributed by atoms with E-state index in [4.69, 9.17) is 18.9 Å². The Balaban J connectivity index is 0.00000103. The van der Waals surface area contributed by atoms with E-state index in [2.05, 4.69) is 19.7 Å². The van der Waals surface area contributed by atoms with Crippen molar-refractivity contribution >= 4 is 24.2 Å². The molecule has 3 rings (SSSR count). The second-order valence-electron chi connectivity index (χ2n) is 8.22. The summed E-state index contributed by atoms with van der Waals surface area (Å²) < 4.78 is 20.9. The average molecular weight is 543 g/mol. The number of benzene rings is 3. The van der Waals surface area contributed by atoms with Crippen molar-refractivity contribution in [1.29, 1.82) is 0 Å². The lowest BCUT2D eigenvalue weighted by molar-refractivity contribution is -0.134. The lowest BCUT2D eigenvalue weighted by atomic mass is 10.0. The number of esters is 3. The van der Waals surface area contributed by atoms with Crippen LogP contribution >= 0.6 is 0 Å². The van der Waals surface area contributed by atoms with Crippen LogP contribution < -0.4 is 18.9 Å². The summed E-state index contributed by atoms with van der Waals surface area (Å²) in [6.07, 6.45) is 3.56. The molecule has 0 aromatic heterocycles. The van der Waals surface area contributed by atoms with Crippen molar-refractivity contribution in [3.63, 3.8) is 0 Å². The zero-order valence-corrected chi connectivity index (χ0v) is 22.4. The maximum atomic E-state index is 12.3. The molecule has 0 bridgehead atoms. The summed E-state index contributed by atoms with van der Waals surface area (Å²) >= 11 is 0. The van der Waals surface area contributed by atoms with Gasteiger partial charge in [0.25, 0.3) is 0 Å². The first-order valence-electron chi connectivity index (χ1n) is 12.1. The predicted molar refractivity (Wildman–Crippen MR) is 151 cm³/mol. The second-order valence-corrected chi connectivity index (χ2v) is 8.22. The zero-order chi connectivity index (χ0) is 29.5. The molecule has 3 aromatic rings. The highest BCUT2D eigenvalue weighted by molar-refractivity contribution is 5.84. The lowest BCUT2D eigenvalue weighted by Crippen LogP contribution is -2.09. The molecule has 40 heavy (non-hydrogen) atoms. The van der Waals surface area contributed by atoms with Crippen LogP contribution in [0.5, 0.6) is 23.0 Å². The number of allylic oxidation sites excluding steroid dienone is 1. The summed E-state index contributed by atoms with van der Waals surface area (Å²) in [7, 11) is 1.49. The molecule has 0 aliphatic rings. The third-order valence-electron chi connectivity index (χ3n) is 5.09. The van der Waals surface area contributed by atoms with Crippen LogP contribution in [0.4, 0.5) is 0 Å². The van der Waals surface area contributed by atoms with E-state index in [0.29, 0.717) is 35.0 Å². The van der Waals surface area contributed by atoms with E-state index in [-0.39, 0.29) is 12.4 Å². The van der Waals surface area contributed by atoms with Crippen molar-refractivity contribution < 1.29 is 38.1 Å². The van der Waals surface area contributed by atoms with Gasteiger partial charge in [0.15, 0.2) is 11.5 Å². The fourth-order valence-corrected chi connectivity index (χ4v) is 3.11. The highest BCUT2D eigenvalue weighted by atomic mass is 16.6. The highest BCUT2D eigenvalue weighted by Crippen LogP contribution is 2.33. The number of aldehydes is 1. The molecule has 0 saturated heterocycles. The van der Waals surface area contributed by atoms with Crippen molar-refractivity contribution in [3.8, 4) is 34.1 Å². The van der Waals surface area contributed by atoms with Crippen LogP contribution in [-0.2, 0) is 25.6 Å². The quantitative estimate of drug-likeness (QED) is 0.129. The molecule has 0 spiro atoms. The van der Waals surface area contributed by atoms with E-state index in [1.807, 2.05) is 12.1 Å². The van der Waals surface area contributed by atoms with Gasteiger partial charge in [-0.15, -0.1) is 0 Å². The third-order valence-corrected chi connectivity index (χ3v) is 5.09. The Morgan fingerprint density at radius 2 is 1.27 bits per heavy atom. The molecule has 0 aliphatic carbocycles. The summed E-state index contributed by atoms with van der Waals surface area (Å²) in [5, 5.41) is 0. The van der Waals surface area contributed by atoms with Crippen LogP contribution in [0.1, 0.15) is 18.9 Å². The number of aryl methyl sites for hydroxylation is 1. The minimum Gasteiger partial charge on any atom is -0.493 e. The number of rotatable bonds is 11. The van der Waals surface area contributed by atoms with Crippen LogP contribution in [0.2, 0.25) is 0 Å². The van der Waals surface area contributed by atoms with Gasteiger partial charge in [0.2, 0.25) is 0 Å². The monoisotopic (exact) mass is 542 g/mol. The molecule has 8 nitrogen and oxygen atoms in total. The summed E-state index contributed by atoms with van der Waals surface area (Å²) in [6, 6.07) is 19.1. The van der Waals surface area contributed by atoms with Gasteiger partial charge in [0.05, 0.1) is 7.11 Å². The first-order valence-corrected chi connectivity index (χ1v) is 12.1.